The number of anilines is 1. The molecule has 3 aromatic carbocycles. The largest absolute Gasteiger partial charge is 0.416 e. The standard InChI is InChI=1S/C29H29ClF4N4O2/c1-2-20-17-37(28(40)22-9-8-19(16-23(22)30)29(32,33)34)14-15-38(20)24-11-10-21(18-6-4-3-5-7-18)26(31)25(24)27(39)36-13-12-35/h3-11,16,20H,2,12-15,17,35H2,1H3,(H,36,39)/t20-/m1/s1. The summed E-state index contributed by atoms with van der Waals surface area (Å²) in [7, 11) is 0. The van der Waals surface area contributed by atoms with Crippen molar-refractivity contribution in [3.63, 3.8) is 0 Å². The first-order valence-corrected chi connectivity index (χ1v) is 13.2. The van der Waals surface area contributed by atoms with Crippen LogP contribution in [0.15, 0.2) is 60.7 Å². The third kappa shape index (κ3) is 6.08. The molecular formula is C29H29ClF4N4O2. The number of rotatable bonds is 7. The van der Waals surface area contributed by atoms with E-state index in [1.807, 2.05) is 17.9 Å². The molecule has 4 rings (SSSR count). The highest BCUT2D eigenvalue weighted by atomic mass is 35.5. The van der Waals surface area contributed by atoms with Crippen LogP contribution in [0.1, 0.15) is 39.6 Å². The molecule has 0 unspecified atom stereocenters. The lowest BCUT2D eigenvalue weighted by atomic mass is 9.97. The van der Waals surface area contributed by atoms with Crippen molar-refractivity contribution in [1.29, 1.82) is 0 Å². The number of benzene rings is 3. The van der Waals surface area contributed by atoms with Crippen LogP contribution in [0, 0.1) is 5.82 Å². The molecule has 0 bridgehead atoms. The number of nitrogens with two attached hydrogens (primary N) is 1. The van der Waals surface area contributed by atoms with Gasteiger partial charge in [0.15, 0.2) is 0 Å². The van der Waals surface area contributed by atoms with Crippen molar-refractivity contribution in [3.05, 3.63) is 88.2 Å². The highest BCUT2D eigenvalue weighted by Crippen LogP contribution is 2.35. The Bertz CT molecular complexity index is 1380. The smallest absolute Gasteiger partial charge is 0.364 e. The molecule has 40 heavy (non-hydrogen) atoms. The van der Waals surface area contributed by atoms with E-state index in [1.165, 1.54) is 4.90 Å². The molecule has 212 valence electrons. The quantitative estimate of drug-likeness (QED) is 0.359. The molecule has 0 saturated carbocycles. The lowest BCUT2D eigenvalue weighted by molar-refractivity contribution is -0.137. The van der Waals surface area contributed by atoms with Gasteiger partial charge in [-0.25, -0.2) is 4.39 Å². The number of hydrogen-bond acceptors (Lipinski definition) is 4. The predicted octanol–water partition coefficient (Wildman–Crippen LogP) is 5.59. The lowest BCUT2D eigenvalue weighted by Crippen LogP contribution is -2.55. The highest BCUT2D eigenvalue weighted by Gasteiger charge is 2.35. The molecule has 1 aliphatic rings. The van der Waals surface area contributed by atoms with Gasteiger partial charge < -0.3 is 20.9 Å². The van der Waals surface area contributed by atoms with E-state index in [4.69, 9.17) is 17.3 Å². The first-order valence-electron chi connectivity index (χ1n) is 12.9. The summed E-state index contributed by atoms with van der Waals surface area (Å²) in [5.41, 5.74) is 5.76. The van der Waals surface area contributed by atoms with Crippen LogP contribution in [0.2, 0.25) is 5.02 Å². The van der Waals surface area contributed by atoms with Gasteiger partial charge in [-0.1, -0.05) is 48.9 Å². The van der Waals surface area contributed by atoms with Crippen LogP contribution >= 0.6 is 11.6 Å². The van der Waals surface area contributed by atoms with Gasteiger partial charge in [0, 0.05) is 44.3 Å². The maximum atomic E-state index is 16.0. The fraction of sp³-hybridized carbons (Fsp3) is 0.310. The van der Waals surface area contributed by atoms with E-state index in [1.54, 1.807) is 36.4 Å². The van der Waals surface area contributed by atoms with Crippen molar-refractivity contribution in [3.8, 4) is 11.1 Å². The molecule has 0 spiro atoms. The van der Waals surface area contributed by atoms with E-state index in [9.17, 15) is 22.8 Å². The molecule has 1 aliphatic heterocycles. The van der Waals surface area contributed by atoms with Crippen molar-refractivity contribution in [2.45, 2.75) is 25.6 Å². The number of carbonyl (C=O) groups excluding carboxylic acids is 2. The summed E-state index contributed by atoms with van der Waals surface area (Å²) >= 11 is 6.07. The van der Waals surface area contributed by atoms with Crippen LogP contribution < -0.4 is 16.0 Å². The van der Waals surface area contributed by atoms with Crippen LogP contribution in [-0.2, 0) is 6.18 Å². The average Bonchev–Trinajstić information content (AvgIpc) is 2.95. The Hall–Kier alpha value is -3.63. The molecule has 1 atom stereocenters. The minimum absolute atomic E-state index is 0.0296. The highest BCUT2D eigenvalue weighted by molar-refractivity contribution is 6.33. The first-order chi connectivity index (χ1) is 19.1. The van der Waals surface area contributed by atoms with Gasteiger partial charge in [-0.3, -0.25) is 9.59 Å². The van der Waals surface area contributed by atoms with Crippen molar-refractivity contribution in [2.24, 2.45) is 5.73 Å². The van der Waals surface area contributed by atoms with Crippen molar-refractivity contribution < 1.29 is 27.2 Å². The maximum Gasteiger partial charge on any atom is 0.416 e. The number of nitrogens with one attached hydrogen (secondary N) is 1. The summed E-state index contributed by atoms with van der Waals surface area (Å²) in [6.07, 6.45) is -4.03. The van der Waals surface area contributed by atoms with Crippen LogP contribution in [0.4, 0.5) is 23.2 Å². The van der Waals surface area contributed by atoms with Gasteiger partial charge in [-0.2, -0.15) is 13.2 Å². The third-order valence-corrected chi connectivity index (χ3v) is 7.25. The second kappa shape index (κ2) is 12.3. The summed E-state index contributed by atoms with van der Waals surface area (Å²) in [5.74, 6) is -1.76. The minimum atomic E-state index is -4.58. The molecule has 1 fully saturated rings. The van der Waals surface area contributed by atoms with Crippen LogP contribution in [0.5, 0.6) is 0 Å². The van der Waals surface area contributed by atoms with E-state index >= 15 is 4.39 Å². The van der Waals surface area contributed by atoms with Gasteiger partial charge in [0.25, 0.3) is 11.8 Å². The summed E-state index contributed by atoms with van der Waals surface area (Å²) in [6.45, 7) is 2.92. The number of hydrogen-bond donors (Lipinski definition) is 2. The topological polar surface area (TPSA) is 78.7 Å². The van der Waals surface area contributed by atoms with E-state index in [0.717, 1.165) is 18.2 Å². The van der Waals surface area contributed by atoms with Crippen LogP contribution in [0.3, 0.4) is 0 Å². The Morgan fingerprint density at radius 1 is 1.07 bits per heavy atom. The number of carbonyl (C=O) groups is 2. The van der Waals surface area contributed by atoms with E-state index < -0.39 is 29.4 Å². The molecule has 1 heterocycles. The third-order valence-electron chi connectivity index (χ3n) is 6.94. The van der Waals surface area contributed by atoms with Gasteiger partial charge in [-0.15, -0.1) is 0 Å². The van der Waals surface area contributed by atoms with Gasteiger partial charge in [0.1, 0.15) is 5.82 Å². The van der Waals surface area contributed by atoms with Gasteiger partial charge in [0.2, 0.25) is 0 Å². The molecule has 3 aromatic rings. The van der Waals surface area contributed by atoms with Gasteiger partial charge in [-0.05, 0) is 42.3 Å². The molecule has 6 nitrogen and oxygen atoms in total. The Labute approximate surface area is 234 Å². The summed E-state index contributed by atoms with van der Waals surface area (Å²) < 4.78 is 55.1. The number of nitrogens with zero attached hydrogens (tertiary/aromatic N) is 2. The Morgan fingerprint density at radius 2 is 1.80 bits per heavy atom. The molecule has 0 aliphatic carbocycles. The molecule has 0 aromatic heterocycles. The van der Waals surface area contributed by atoms with E-state index in [2.05, 4.69) is 5.32 Å². The Morgan fingerprint density at radius 3 is 2.42 bits per heavy atom. The second-order valence-electron chi connectivity index (χ2n) is 9.43. The van der Waals surface area contributed by atoms with E-state index in [0.29, 0.717) is 17.7 Å². The predicted molar refractivity (Wildman–Crippen MR) is 147 cm³/mol. The van der Waals surface area contributed by atoms with E-state index in [-0.39, 0.29) is 60.5 Å². The Balaban J connectivity index is 1.64. The van der Waals surface area contributed by atoms with Gasteiger partial charge in [0.05, 0.1) is 27.4 Å². The number of piperazine rings is 1. The van der Waals surface area contributed by atoms with Crippen molar-refractivity contribution in [1.82, 2.24) is 10.2 Å². The number of halogens is 5. The first kappa shape index (κ1) is 29.4. The zero-order valence-electron chi connectivity index (χ0n) is 21.8. The molecule has 0 radical (unpaired) electrons. The van der Waals surface area contributed by atoms with Gasteiger partial charge >= 0.3 is 6.18 Å². The summed E-state index contributed by atoms with van der Waals surface area (Å²) in [6, 6.07) is 14.6. The van der Waals surface area contributed by atoms with Crippen molar-refractivity contribution >= 4 is 29.1 Å². The SMILES string of the molecule is CC[C@@H]1CN(C(=O)c2ccc(C(F)(F)F)cc2Cl)CCN1c1ccc(-c2ccccc2)c(F)c1C(=O)NCCN. The van der Waals surface area contributed by atoms with Crippen LogP contribution in [0.25, 0.3) is 11.1 Å². The monoisotopic (exact) mass is 576 g/mol. The zero-order valence-corrected chi connectivity index (χ0v) is 22.5. The number of alkyl halides is 3. The number of amides is 2. The molecule has 2 amide bonds. The second-order valence-corrected chi connectivity index (χ2v) is 9.84. The fourth-order valence-corrected chi connectivity index (χ4v) is 5.14. The fourth-order valence-electron chi connectivity index (χ4n) is 4.88. The molecule has 11 heteroatoms. The lowest BCUT2D eigenvalue weighted by Gasteiger charge is -2.43. The maximum absolute atomic E-state index is 16.0. The zero-order chi connectivity index (χ0) is 29.0. The normalized spacial score (nSPS) is 15.7. The summed E-state index contributed by atoms with van der Waals surface area (Å²) in [4.78, 5) is 29.8. The average molecular weight is 577 g/mol. The Kier molecular flexibility index (Phi) is 9.00. The van der Waals surface area contributed by atoms with Crippen LogP contribution in [-0.4, -0.2) is 55.5 Å². The molecular weight excluding hydrogens is 548 g/mol. The van der Waals surface area contributed by atoms with Crippen molar-refractivity contribution in [2.75, 3.05) is 37.6 Å². The summed E-state index contributed by atoms with van der Waals surface area (Å²) in [5, 5.41) is 2.38. The molecule has 1 saturated heterocycles. The minimum Gasteiger partial charge on any atom is -0.364 e. The molecule has 3 N–H and O–H groups in total.